The van der Waals surface area contributed by atoms with Gasteiger partial charge in [-0.3, -0.25) is 4.99 Å². The maximum Gasteiger partial charge on any atom is 0.214 e. The highest BCUT2D eigenvalue weighted by Crippen LogP contribution is 2.28. The summed E-state index contributed by atoms with van der Waals surface area (Å²) in [4.78, 5) is 4.22. The zero-order valence-electron chi connectivity index (χ0n) is 15.3. The average molecular weight is 488 g/mol. The normalized spacial score (nSPS) is 22.4. The van der Waals surface area contributed by atoms with Gasteiger partial charge in [0.2, 0.25) is 10.0 Å². The van der Waals surface area contributed by atoms with E-state index in [1.54, 1.807) is 11.4 Å². The Morgan fingerprint density at radius 1 is 1.28 bits per heavy atom. The van der Waals surface area contributed by atoms with Crippen LogP contribution < -0.4 is 10.6 Å². The van der Waals surface area contributed by atoms with Crippen molar-refractivity contribution in [2.75, 3.05) is 32.4 Å². The van der Waals surface area contributed by atoms with Gasteiger partial charge in [-0.2, -0.15) is 0 Å². The Morgan fingerprint density at radius 3 is 2.40 bits per heavy atom. The maximum absolute atomic E-state index is 12.1. The highest BCUT2D eigenvalue weighted by Gasteiger charge is 2.31. The molecule has 1 heterocycles. The second-order valence-corrected chi connectivity index (χ2v) is 9.08. The van der Waals surface area contributed by atoms with E-state index in [-0.39, 0.29) is 35.8 Å². The number of halogens is 1. The molecule has 2 fully saturated rings. The zero-order chi connectivity index (χ0) is 17.6. The number of hydrogen-bond donors (Lipinski definition) is 3. The number of nitrogens with one attached hydrogen (secondary N) is 2. The van der Waals surface area contributed by atoms with Crippen molar-refractivity contribution < 1.29 is 13.5 Å². The minimum Gasteiger partial charge on any atom is -0.388 e. The molecule has 1 saturated carbocycles. The topological polar surface area (TPSA) is 94.0 Å². The molecule has 0 aromatic rings. The summed E-state index contributed by atoms with van der Waals surface area (Å²) in [6.45, 7) is 3.51. The third kappa shape index (κ3) is 6.84. The van der Waals surface area contributed by atoms with E-state index < -0.39 is 15.6 Å². The van der Waals surface area contributed by atoms with Gasteiger partial charge in [0.25, 0.3) is 0 Å². The summed E-state index contributed by atoms with van der Waals surface area (Å²) in [5, 5.41) is 17.0. The largest absolute Gasteiger partial charge is 0.388 e. The first-order chi connectivity index (χ1) is 11.4. The van der Waals surface area contributed by atoms with Gasteiger partial charge >= 0.3 is 0 Å². The Labute approximate surface area is 169 Å². The van der Waals surface area contributed by atoms with E-state index >= 15 is 0 Å². The summed E-state index contributed by atoms with van der Waals surface area (Å²) >= 11 is 0. The quantitative estimate of drug-likeness (QED) is 0.298. The van der Waals surface area contributed by atoms with E-state index in [9.17, 15) is 13.5 Å². The molecule has 1 aliphatic heterocycles. The monoisotopic (exact) mass is 488 g/mol. The second-order valence-electron chi connectivity index (χ2n) is 6.99. The lowest BCUT2D eigenvalue weighted by Crippen LogP contribution is -2.52. The number of nitrogens with zero attached hydrogens (tertiary/aromatic N) is 2. The molecule has 0 atom stereocenters. The van der Waals surface area contributed by atoms with Crippen LogP contribution in [0.15, 0.2) is 4.99 Å². The standard InChI is InChI=1S/C16H32N4O3S.HI/c1-3-12-24(22,23)20-10-6-14(7-11-20)19-15(17-2)18-13-16(21)8-4-5-9-16;/h14,21H,3-13H2,1-2H3,(H2,17,18,19);1H. The second kappa shape index (κ2) is 10.3. The molecule has 0 spiro atoms. The Hall–Kier alpha value is -0.130. The van der Waals surface area contributed by atoms with E-state index in [1.807, 2.05) is 6.92 Å². The van der Waals surface area contributed by atoms with E-state index in [2.05, 4.69) is 15.6 Å². The maximum atomic E-state index is 12.1. The molecule has 25 heavy (non-hydrogen) atoms. The van der Waals surface area contributed by atoms with Crippen molar-refractivity contribution >= 4 is 40.0 Å². The molecule has 0 unspecified atom stereocenters. The molecule has 1 saturated heterocycles. The summed E-state index contributed by atoms with van der Waals surface area (Å²) in [6, 6.07) is 0.211. The minimum absolute atomic E-state index is 0. The number of sulfonamides is 1. The number of hydrogen-bond acceptors (Lipinski definition) is 4. The van der Waals surface area contributed by atoms with Crippen LogP contribution in [0.2, 0.25) is 0 Å². The molecule has 148 valence electrons. The van der Waals surface area contributed by atoms with Gasteiger partial charge in [0.1, 0.15) is 0 Å². The van der Waals surface area contributed by atoms with Crippen LogP contribution in [0.25, 0.3) is 0 Å². The van der Waals surface area contributed by atoms with Gasteiger partial charge in [-0.15, -0.1) is 24.0 Å². The fraction of sp³-hybridized carbons (Fsp3) is 0.938. The fourth-order valence-electron chi connectivity index (χ4n) is 3.51. The molecule has 0 aromatic carbocycles. The number of aliphatic hydroxyl groups is 1. The molecule has 2 rings (SSSR count). The van der Waals surface area contributed by atoms with E-state index in [0.717, 1.165) is 38.5 Å². The SMILES string of the molecule is CCCS(=O)(=O)N1CCC(NC(=NC)NCC2(O)CCCC2)CC1.I. The van der Waals surface area contributed by atoms with Crippen LogP contribution in [0, 0.1) is 0 Å². The van der Waals surface area contributed by atoms with E-state index in [0.29, 0.717) is 32.0 Å². The lowest BCUT2D eigenvalue weighted by molar-refractivity contribution is 0.0521. The first-order valence-corrected chi connectivity index (χ1v) is 10.7. The summed E-state index contributed by atoms with van der Waals surface area (Å²) in [6.07, 6.45) is 6.03. The number of piperidine rings is 1. The predicted octanol–water partition coefficient (Wildman–Crippen LogP) is 1.28. The molecule has 0 radical (unpaired) electrons. The third-order valence-corrected chi connectivity index (χ3v) is 7.07. The van der Waals surface area contributed by atoms with Gasteiger partial charge in [-0.25, -0.2) is 12.7 Å². The molecule has 9 heteroatoms. The Bertz CT molecular complexity index is 527. The number of rotatable bonds is 6. The molecule has 2 aliphatic rings. The lowest BCUT2D eigenvalue weighted by atomic mass is 10.0. The first kappa shape index (κ1) is 22.9. The van der Waals surface area contributed by atoms with Crippen molar-refractivity contribution in [3.63, 3.8) is 0 Å². The molecule has 0 bridgehead atoms. The summed E-state index contributed by atoms with van der Waals surface area (Å²) in [5.41, 5.74) is -0.616. The third-order valence-electron chi connectivity index (χ3n) is 4.99. The Kier molecular flexibility index (Phi) is 9.41. The molecule has 3 N–H and O–H groups in total. The summed E-state index contributed by atoms with van der Waals surface area (Å²) in [7, 11) is -1.38. The van der Waals surface area contributed by atoms with Crippen molar-refractivity contribution in [1.29, 1.82) is 0 Å². The molecular formula is C16H33IN4O3S. The first-order valence-electron chi connectivity index (χ1n) is 9.06. The number of aliphatic imine (C=N–C) groups is 1. The van der Waals surface area contributed by atoms with Gasteiger partial charge in [-0.1, -0.05) is 19.8 Å². The van der Waals surface area contributed by atoms with Crippen LogP contribution in [0.5, 0.6) is 0 Å². The zero-order valence-corrected chi connectivity index (χ0v) is 18.5. The van der Waals surface area contributed by atoms with Crippen molar-refractivity contribution in [2.24, 2.45) is 4.99 Å². The van der Waals surface area contributed by atoms with Crippen molar-refractivity contribution in [3.05, 3.63) is 0 Å². The van der Waals surface area contributed by atoms with Crippen molar-refractivity contribution in [1.82, 2.24) is 14.9 Å². The van der Waals surface area contributed by atoms with Gasteiger partial charge in [0, 0.05) is 32.7 Å². The molecule has 0 aromatic heterocycles. The van der Waals surface area contributed by atoms with E-state index in [4.69, 9.17) is 0 Å². The Balaban J connectivity index is 0.00000312. The van der Waals surface area contributed by atoms with E-state index in [1.165, 1.54) is 0 Å². The molecule has 0 amide bonds. The molecule has 7 nitrogen and oxygen atoms in total. The number of guanidine groups is 1. The van der Waals surface area contributed by atoms with Crippen LogP contribution in [0.1, 0.15) is 51.9 Å². The summed E-state index contributed by atoms with van der Waals surface area (Å²) in [5.74, 6) is 0.914. The molecule has 1 aliphatic carbocycles. The van der Waals surface area contributed by atoms with Crippen LogP contribution in [-0.2, 0) is 10.0 Å². The van der Waals surface area contributed by atoms with Crippen LogP contribution in [-0.4, -0.2) is 67.9 Å². The van der Waals surface area contributed by atoms with Gasteiger partial charge < -0.3 is 15.7 Å². The summed E-state index contributed by atoms with van der Waals surface area (Å²) < 4.78 is 25.8. The van der Waals surface area contributed by atoms with Gasteiger partial charge in [0.05, 0.1) is 11.4 Å². The van der Waals surface area contributed by atoms with Crippen LogP contribution in [0.4, 0.5) is 0 Å². The lowest BCUT2D eigenvalue weighted by Gasteiger charge is -2.33. The average Bonchev–Trinajstić information content (AvgIpc) is 2.99. The van der Waals surface area contributed by atoms with Gasteiger partial charge in [0.15, 0.2) is 5.96 Å². The Morgan fingerprint density at radius 2 is 1.88 bits per heavy atom. The smallest absolute Gasteiger partial charge is 0.214 e. The van der Waals surface area contributed by atoms with Crippen molar-refractivity contribution in [3.8, 4) is 0 Å². The minimum atomic E-state index is -3.09. The highest BCUT2D eigenvalue weighted by atomic mass is 127. The van der Waals surface area contributed by atoms with Crippen LogP contribution >= 0.6 is 24.0 Å². The predicted molar refractivity (Wildman–Crippen MR) is 112 cm³/mol. The highest BCUT2D eigenvalue weighted by molar-refractivity contribution is 14.0. The van der Waals surface area contributed by atoms with Crippen LogP contribution in [0.3, 0.4) is 0 Å². The fourth-order valence-corrected chi connectivity index (χ4v) is 5.05. The van der Waals surface area contributed by atoms with Crippen molar-refractivity contribution in [2.45, 2.75) is 63.5 Å². The molecular weight excluding hydrogens is 455 g/mol. The van der Waals surface area contributed by atoms with Gasteiger partial charge in [-0.05, 0) is 32.1 Å².